The molecule has 25 heavy (non-hydrogen) atoms. The first-order chi connectivity index (χ1) is 12.0. The zero-order valence-electron chi connectivity index (χ0n) is 13.1. The highest BCUT2D eigenvalue weighted by Gasteiger charge is 2.12. The third-order valence-electron chi connectivity index (χ3n) is 3.48. The molecular weight excluding hydrogens is 379 g/mol. The van der Waals surface area contributed by atoms with Crippen molar-refractivity contribution in [2.24, 2.45) is 4.99 Å². The van der Waals surface area contributed by atoms with E-state index in [-0.39, 0.29) is 12.5 Å². The van der Waals surface area contributed by atoms with E-state index in [0.717, 1.165) is 10.2 Å². The van der Waals surface area contributed by atoms with Crippen LogP contribution in [0, 0.1) is 12.3 Å². The molecule has 3 rings (SSSR count). The number of methoxy groups -OCH3 is 1. The molecule has 126 valence electrons. The number of fused-ring (bicyclic) bond motifs is 1. The molecule has 1 amide bonds. The summed E-state index contributed by atoms with van der Waals surface area (Å²) in [5.41, 5.74) is 1.17. The van der Waals surface area contributed by atoms with Gasteiger partial charge in [-0.2, -0.15) is 4.99 Å². The van der Waals surface area contributed by atoms with Crippen LogP contribution in [0.5, 0.6) is 5.75 Å². The van der Waals surface area contributed by atoms with Crippen molar-refractivity contribution in [2.75, 3.05) is 7.11 Å². The summed E-state index contributed by atoms with van der Waals surface area (Å²) < 4.78 is 7.64. The second-order valence-electron chi connectivity index (χ2n) is 5.05. The van der Waals surface area contributed by atoms with Crippen molar-refractivity contribution >= 4 is 50.7 Å². The molecule has 0 atom stereocenters. The minimum absolute atomic E-state index is 0.246. The quantitative estimate of drug-likeness (QED) is 0.622. The Bertz CT molecular complexity index is 1060. The first kappa shape index (κ1) is 17.6. The maximum Gasteiger partial charge on any atom is 0.279 e. The Morgan fingerprint density at radius 2 is 2.04 bits per heavy atom. The molecule has 0 N–H and O–H groups in total. The highest BCUT2D eigenvalue weighted by Crippen LogP contribution is 2.29. The zero-order valence-corrected chi connectivity index (χ0v) is 15.5. The Labute approximate surface area is 158 Å². The second kappa shape index (κ2) is 7.32. The SMILES string of the molecule is C#CCn1c(=NC(=O)c2ccc(OC)cc2)sc2cc(Cl)cc(Cl)c21. The fourth-order valence-electron chi connectivity index (χ4n) is 2.34. The highest BCUT2D eigenvalue weighted by atomic mass is 35.5. The molecule has 0 bridgehead atoms. The van der Waals surface area contributed by atoms with E-state index < -0.39 is 0 Å². The highest BCUT2D eigenvalue weighted by molar-refractivity contribution is 7.16. The van der Waals surface area contributed by atoms with Crippen LogP contribution in [0.2, 0.25) is 10.0 Å². The van der Waals surface area contributed by atoms with Crippen molar-refractivity contribution in [1.29, 1.82) is 0 Å². The lowest BCUT2D eigenvalue weighted by molar-refractivity contribution is 0.0998. The van der Waals surface area contributed by atoms with Crippen molar-refractivity contribution in [3.8, 4) is 18.1 Å². The van der Waals surface area contributed by atoms with Crippen LogP contribution in [0.1, 0.15) is 10.4 Å². The van der Waals surface area contributed by atoms with E-state index in [1.165, 1.54) is 11.3 Å². The maximum absolute atomic E-state index is 12.5. The fourth-order valence-corrected chi connectivity index (χ4v) is 4.15. The van der Waals surface area contributed by atoms with Crippen LogP contribution in [-0.4, -0.2) is 17.6 Å². The van der Waals surface area contributed by atoms with E-state index >= 15 is 0 Å². The topological polar surface area (TPSA) is 43.6 Å². The predicted molar refractivity (Wildman–Crippen MR) is 102 cm³/mol. The second-order valence-corrected chi connectivity index (χ2v) is 6.91. The van der Waals surface area contributed by atoms with Gasteiger partial charge in [0.05, 0.1) is 28.9 Å². The number of amides is 1. The number of thiazole rings is 1. The molecule has 4 nitrogen and oxygen atoms in total. The van der Waals surface area contributed by atoms with Crippen LogP contribution in [-0.2, 0) is 6.54 Å². The van der Waals surface area contributed by atoms with Gasteiger partial charge in [0.25, 0.3) is 5.91 Å². The first-order valence-electron chi connectivity index (χ1n) is 7.18. The van der Waals surface area contributed by atoms with Gasteiger partial charge in [0.2, 0.25) is 0 Å². The molecule has 1 aromatic heterocycles. The van der Waals surface area contributed by atoms with Gasteiger partial charge >= 0.3 is 0 Å². The van der Waals surface area contributed by atoms with E-state index in [4.69, 9.17) is 34.4 Å². The van der Waals surface area contributed by atoms with Gasteiger partial charge in [-0.25, -0.2) is 0 Å². The number of benzene rings is 2. The summed E-state index contributed by atoms with van der Waals surface area (Å²) >= 11 is 13.7. The number of rotatable bonds is 3. The lowest BCUT2D eigenvalue weighted by Gasteiger charge is -2.02. The van der Waals surface area contributed by atoms with Gasteiger partial charge in [-0.15, -0.1) is 6.42 Å². The summed E-state index contributed by atoms with van der Waals surface area (Å²) in [6, 6.07) is 10.2. The lowest BCUT2D eigenvalue weighted by Crippen LogP contribution is -2.16. The minimum Gasteiger partial charge on any atom is -0.497 e. The molecule has 1 heterocycles. The number of aromatic nitrogens is 1. The third-order valence-corrected chi connectivity index (χ3v) is 5.01. The van der Waals surface area contributed by atoms with Gasteiger partial charge in [0, 0.05) is 10.6 Å². The van der Waals surface area contributed by atoms with Gasteiger partial charge in [-0.1, -0.05) is 40.5 Å². The number of carbonyl (C=O) groups is 1. The van der Waals surface area contributed by atoms with Crippen LogP contribution in [0.15, 0.2) is 41.4 Å². The molecule has 0 aliphatic carbocycles. The molecule has 3 aromatic rings. The Morgan fingerprint density at radius 3 is 2.68 bits per heavy atom. The summed E-state index contributed by atoms with van der Waals surface area (Å²) in [7, 11) is 1.57. The Morgan fingerprint density at radius 1 is 1.32 bits per heavy atom. The Balaban J connectivity index is 2.14. The first-order valence-corrected chi connectivity index (χ1v) is 8.75. The molecule has 0 saturated carbocycles. The van der Waals surface area contributed by atoms with Crippen molar-refractivity contribution < 1.29 is 9.53 Å². The smallest absolute Gasteiger partial charge is 0.279 e. The molecule has 2 aromatic carbocycles. The number of terminal acetylenes is 1. The zero-order chi connectivity index (χ0) is 18.0. The normalized spacial score (nSPS) is 11.5. The molecule has 0 unspecified atom stereocenters. The van der Waals surface area contributed by atoms with Crippen LogP contribution in [0.3, 0.4) is 0 Å². The van der Waals surface area contributed by atoms with Crippen LogP contribution >= 0.6 is 34.5 Å². The number of ether oxygens (including phenoxy) is 1. The van der Waals surface area contributed by atoms with Crippen LogP contribution < -0.4 is 9.54 Å². The van der Waals surface area contributed by atoms with Crippen molar-refractivity contribution in [2.45, 2.75) is 6.54 Å². The average molecular weight is 391 g/mol. The van der Waals surface area contributed by atoms with Crippen molar-refractivity contribution in [1.82, 2.24) is 4.57 Å². The largest absolute Gasteiger partial charge is 0.497 e. The van der Waals surface area contributed by atoms with Gasteiger partial charge in [-0.05, 0) is 36.4 Å². The van der Waals surface area contributed by atoms with Crippen LogP contribution in [0.25, 0.3) is 10.2 Å². The summed E-state index contributed by atoms with van der Waals surface area (Å²) in [5, 5.41) is 0.979. The Hall–Kier alpha value is -2.26. The molecule has 0 saturated heterocycles. The predicted octanol–water partition coefficient (Wildman–Crippen LogP) is 4.39. The number of hydrogen-bond donors (Lipinski definition) is 0. The number of nitrogens with zero attached hydrogens (tertiary/aromatic N) is 2. The summed E-state index contributed by atoms with van der Waals surface area (Å²) in [6.07, 6.45) is 5.46. The average Bonchev–Trinajstić information content (AvgIpc) is 2.92. The molecule has 0 fully saturated rings. The van der Waals surface area contributed by atoms with E-state index in [9.17, 15) is 4.79 Å². The molecule has 0 aliphatic rings. The van der Waals surface area contributed by atoms with Gasteiger partial charge in [0.1, 0.15) is 5.75 Å². The van der Waals surface area contributed by atoms with Gasteiger partial charge < -0.3 is 9.30 Å². The van der Waals surface area contributed by atoms with Gasteiger partial charge in [-0.3, -0.25) is 4.79 Å². The number of halogens is 2. The third kappa shape index (κ3) is 3.57. The van der Waals surface area contributed by atoms with Crippen LogP contribution in [0.4, 0.5) is 0 Å². The molecule has 7 heteroatoms. The van der Waals surface area contributed by atoms with E-state index in [1.807, 2.05) is 0 Å². The maximum atomic E-state index is 12.5. The minimum atomic E-state index is -0.373. The van der Waals surface area contributed by atoms with Crippen molar-refractivity contribution in [3.05, 3.63) is 56.8 Å². The van der Waals surface area contributed by atoms with Gasteiger partial charge in [0.15, 0.2) is 4.80 Å². The number of carbonyl (C=O) groups excluding carboxylic acids is 1. The monoisotopic (exact) mass is 390 g/mol. The standard InChI is InChI=1S/C18H12Cl2N2O2S/c1-3-8-22-16-14(20)9-12(19)10-15(16)25-18(22)21-17(23)11-4-6-13(24-2)7-5-11/h1,4-7,9-10H,8H2,2H3. The summed E-state index contributed by atoms with van der Waals surface area (Å²) in [5.74, 6) is 2.86. The molecule has 0 aliphatic heterocycles. The lowest BCUT2D eigenvalue weighted by atomic mass is 10.2. The molecule has 0 spiro atoms. The number of hydrogen-bond acceptors (Lipinski definition) is 3. The van der Waals surface area contributed by atoms with E-state index in [1.54, 1.807) is 48.1 Å². The van der Waals surface area contributed by atoms with E-state index in [0.29, 0.717) is 26.2 Å². The Kier molecular flexibility index (Phi) is 5.14. The molecular formula is C18H12Cl2N2O2S. The van der Waals surface area contributed by atoms with Crippen molar-refractivity contribution in [3.63, 3.8) is 0 Å². The molecule has 0 radical (unpaired) electrons. The summed E-state index contributed by atoms with van der Waals surface area (Å²) in [6.45, 7) is 0.246. The summed E-state index contributed by atoms with van der Waals surface area (Å²) in [4.78, 5) is 17.2. The van der Waals surface area contributed by atoms with E-state index in [2.05, 4.69) is 10.9 Å². The fraction of sp³-hybridized carbons (Fsp3) is 0.111.